The van der Waals surface area contributed by atoms with Gasteiger partial charge >= 0.3 is 0 Å². The Bertz CT molecular complexity index is 714. The maximum absolute atomic E-state index is 12.6. The van der Waals surface area contributed by atoms with Gasteiger partial charge in [-0.25, -0.2) is 0 Å². The molecular formula is C21H23NO3. The highest BCUT2D eigenvalue weighted by Gasteiger charge is 2.28. The van der Waals surface area contributed by atoms with Crippen molar-refractivity contribution in [2.75, 3.05) is 6.61 Å². The lowest BCUT2D eigenvalue weighted by molar-refractivity contribution is -0.118. The summed E-state index contributed by atoms with van der Waals surface area (Å²) < 4.78 is 5.80. The van der Waals surface area contributed by atoms with Crippen molar-refractivity contribution in [1.29, 1.82) is 5.26 Å². The molecule has 1 unspecified atom stereocenters. The third-order valence-corrected chi connectivity index (χ3v) is 4.80. The molecule has 1 fully saturated rings. The number of ketones is 2. The van der Waals surface area contributed by atoms with E-state index in [1.54, 1.807) is 12.2 Å². The maximum atomic E-state index is 12.6. The lowest BCUT2D eigenvalue weighted by Crippen LogP contribution is -2.14. The summed E-state index contributed by atoms with van der Waals surface area (Å²) in [5, 5.41) is 8.94. The van der Waals surface area contributed by atoms with Gasteiger partial charge in [0.05, 0.1) is 18.4 Å². The van der Waals surface area contributed by atoms with Crippen molar-refractivity contribution < 1.29 is 14.3 Å². The molecule has 0 aromatic carbocycles. The molecule has 0 spiro atoms. The largest absolute Gasteiger partial charge is 0.498 e. The molecule has 1 saturated carbocycles. The van der Waals surface area contributed by atoms with Gasteiger partial charge in [-0.1, -0.05) is 12.2 Å². The first kappa shape index (κ1) is 17.4. The Labute approximate surface area is 148 Å². The van der Waals surface area contributed by atoms with Crippen LogP contribution in [0.25, 0.3) is 0 Å². The van der Waals surface area contributed by atoms with Crippen LogP contribution in [0.1, 0.15) is 44.9 Å². The van der Waals surface area contributed by atoms with Crippen LogP contribution in [0.4, 0.5) is 0 Å². The average molecular weight is 337 g/mol. The highest BCUT2D eigenvalue weighted by atomic mass is 16.5. The second kappa shape index (κ2) is 8.11. The minimum absolute atomic E-state index is 0.0148. The van der Waals surface area contributed by atoms with Gasteiger partial charge in [0.2, 0.25) is 0 Å². The highest BCUT2D eigenvalue weighted by Crippen LogP contribution is 2.38. The summed E-state index contributed by atoms with van der Waals surface area (Å²) in [5.74, 6) is 1.32. The zero-order valence-corrected chi connectivity index (χ0v) is 14.4. The van der Waals surface area contributed by atoms with Crippen molar-refractivity contribution in [3.63, 3.8) is 0 Å². The van der Waals surface area contributed by atoms with Crippen molar-refractivity contribution >= 4 is 11.6 Å². The fraction of sp³-hybridized carbons (Fsp3) is 0.476. The minimum Gasteiger partial charge on any atom is -0.498 e. The van der Waals surface area contributed by atoms with Crippen LogP contribution in [0.5, 0.6) is 0 Å². The van der Waals surface area contributed by atoms with Crippen molar-refractivity contribution in [3.8, 4) is 6.07 Å². The quantitative estimate of drug-likeness (QED) is 0.736. The molecule has 0 amide bonds. The van der Waals surface area contributed by atoms with Crippen LogP contribution in [-0.4, -0.2) is 18.2 Å². The van der Waals surface area contributed by atoms with Gasteiger partial charge in [-0.15, -0.1) is 0 Å². The number of hydrogen-bond donors (Lipinski definition) is 0. The van der Waals surface area contributed by atoms with Gasteiger partial charge in [0.15, 0.2) is 11.6 Å². The number of rotatable bonds is 6. The second-order valence-corrected chi connectivity index (χ2v) is 6.86. The third-order valence-electron chi connectivity index (χ3n) is 4.80. The molecule has 25 heavy (non-hydrogen) atoms. The van der Waals surface area contributed by atoms with Gasteiger partial charge in [-0.2, -0.15) is 5.26 Å². The minimum atomic E-state index is -0.278. The van der Waals surface area contributed by atoms with Crippen LogP contribution >= 0.6 is 0 Å². The van der Waals surface area contributed by atoms with Crippen molar-refractivity contribution in [1.82, 2.24) is 0 Å². The highest BCUT2D eigenvalue weighted by molar-refractivity contribution is 5.98. The Kier molecular flexibility index (Phi) is 5.65. The lowest BCUT2D eigenvalue weighted by Gasteiger charge is -2.15. The predicted molar refractivity (Wildman–Crippen MR) is 94.3 cm³/mol. The van der Waals surface area contributed by atoms with Crippen LogP contribution in [0.2, 0.25) is 0 Å². The third kappa shape index (κ3) is 4.79. The summed E-state index contributed by atoms with van der Waals surface area (Å²) in [6.07, 6.45) is 14.4. The smallest absolute Gasteiger partial charge is 0.162 e. The normalized spacial score (nSPS) is 23.4. The predicted octanol–water partition coefficient (Wildman–Crippen LogP) is 3.96. The van der Waals surface area contributed by atoms with E-state index < -0.39 is 0 Å². The van der Waals surface area contributed by atoms with Crippen LogP contribution in [0.15, 0.2) is 47.3 Å². The van der Waals surface area contributed by atoms with Gasteiger partial charge in [-0.05, 0) is 56.8 Å². The van der Waals surface area contributed by atoms with E-state index in [4.69, 9.17) is 10.00 Å². The molecule has 4 heteroatoms. The Hall–Kier alpha value is -2.41. The Morgan fingerprint density at radius 1 is 1.32 bits per heavy atom. The number of Topliss-reactive ketones (excluding diaryl/α,β-unsaturated/α-hetero) is 1. The first-order chi connectivity index (χ1) is 12.2. The van der Waals surface area contributed by atoms with Gasteiger partial charge in [0.25, 0.3) is 0 Å². The fourth-order valence-electron chi connectivity index (χ4n) is 3.16. The lowest BCUT2D eigenvalue weighted by atomic mass is 9.90. The molecule has 0 radical (unpaired) electrons. The van der Waals surface area contributed by atoms with E-state index in [2.05, 4.69) is 6.07 Å². The molecule has 1 aliphatic heterocycles. The fourth-order valence-corrected chi connectivity index (χ4v) is 3.16. The molecule has 3 aliphatic rings. The van der Waals surface area contributed by atoms with E-state index in [0.29, 0.717) is 30.8 Å². The van der Waals surface area contributed by atoms with Gasteiger partial charge in [-0.3, -0.25) is 9.59 Å². The van der Waals surface area contributed by atoms with Crippen LogP contribution in [0.3, 0.4) is 0 Å². The molecule has 3 rings (SSSR count). The molecule has 0 bridgehead atoms. The van der Waals surface area contributed by atoms with Crippen molar-refractivity contribution in [2.45, 2.75) is 44.9 Å². The maximum Gasteiger partial charge on any atom is 0.162 e. The zero-order chi connectivity index (χ0) is 17.6. The summed E-state index contributed by atoms with van der Waals surface area (Å²) >= 11 is 0. The molecule has 1 atom stereocenters. The SMILES string of the molecule is N#CC1=CC(CCCC(=O)C2=CCCCOC(C3CC3)=C2)C(=O)C=C1. The average Bonchev–Trinajstić information content (AvgIpc) is 3.41. The van der Waals surface area contributed by atoms with Gasteiger partial charge < -0.3 is 4.74 Å². The van der Waals surface area contributed by atoms with Gasteiger partial charge in [0, 0.05) is 29.4 Å². The first-order valence-electron chi connectivity index (χ1n) is 9.09. The molecule has 4 nitrogen and oxygen atoms in total. The topological polar surface area (TPSA) is 67.2 Å². The molecule has 2 aliphatic carbocycles. The molecular weight excluding hydrogens is 314 g/mol. The van der Waals surface area contributed by atoms with E-state index >= 15 is 0 Å². The molecule has 130 valence electrons. The van der Waals surface area contributed by atoms with Gasteiger partial charge in [0.1, 0.15) is 0 Å². The summed E-state index contributed by atoms with van der Waals surface area (Å²) in [7, 11) is 0. The number of allylic oxidation sites excluding steroid dienone is 8. The van der Waals surface area contributed by atoms with E-state index in [1.807, 2.05) is 12.2 Å². The number of nitrogens with zero attached hydrogens (tertiary/aromatic N) is 1. The van der Waals surface area contributed by atoms with E-state index in [-0.39, 0.29) is 17.5 Å². The summed E-state index contributed by atoms with van der Waals surface area (Å²) in [4.78, 5) is 24.4. The van der Waals surface area contributed by atoms with E-state index in [0.717, 1.165) is 43.6 Å². The standard InChI is InChI=1S/C21H23NO3/c22-14-15-7-10-20(24)17(12-15)5-3-6-19(23)18-4-1-2-11-25-21(13-18)16-8-9-16/h4,7,10,12-13,16-17H,1-3,5-6,8-9,11H2. The van der Waals surface area contributed by atoms with Crippen LogP contribution in [0, 0.1) is 23.2 Å². The first-order valence-corrected chi connectivity index (χ1v) is 9.09. The summed E-state index contributed by atoms with van der Waals surface area (Å²) in [5.41, 5.74) is 1.28. The number of carbonyl (C=O) groups excluding carboxylic acids is 2. The van der Waals surface area contributed by atoms with E-state index in [1.165, 1.54) is 6.08 Å². The van der Waals surface area contributed by atoms with Crippen molar-refractivity contribution in [3.05, 3.63) is 47.3 Å². The van der Waals surface area contributed by atoms with E-state index in [9.17, 15) is 9.59 Å². The number of nitriles is 1. The molecule has 0 saturated heterocycles. The Morgan fingerprint density at radius 2 is 2.16 bits per heavy atom. The molecule has 0 aromatic heterocycles. The number of carbonyl (C=O) groups is 2. The molecule has 0 N–H and O–H groups in total. The molecule has 0 aromatic rings. The Balaban J connectivity index is 1.56. The second-order valence-electron chi connectivity index (χ2n) is 6.86. The summed E-state index contributed by atoms with van der Waals surface area (Å²) in [6, 6.07) is 2.06. The van der Waals surface area contributed by atoms with Crippen molar-refractivity contribution in [2.24, 2.45) is 11.8 Å². The number of hydrogen-bond acceptors (Lipinski definition) is 4. The Morgan fingerprint density at radius 3 is 2.92 bits per heavy atom. The summed E-state index contributed by atoms with van der Waals surface area (Å²) in [6.45, 7) is 0.727. The zero-order valence-electron chi connectivity index (χ0n) is 14.4. The number of ether oxygens (including phenoxy) is 1. The monoisotopic (exact) mass is 337 g/mol. The molecule has 1 heterocycles. The van der Waals surface area contributed by atoms with Crippen LogP contribution in [-0.2, 0) is 14.3 Å². The van der Waals surface area contributed by atoms with Crippen LogP contribution < -0.4 is 0 Å².